The SMILES string of the molecule is O=[N+](OCCCC([N+](=O)[O-])([N+](=O)[O-])[N+](=O)[O-])OCCCC([N+](=O)[O-])([N+](=O)[O-])[N+](=O)[O-]. The quantitative estimate of drug-likeness (QED) is 0.121. The van der Waals surface area contributed by atoms with Crippen molar-refractivity contribution in [2.24, 2.45) is 0 Å². The minimum absolute atomic E-state index is 0.682. The summed E-state index contributed by atoms with van der Waals surface area (Å²) in [6.45, 7) is -1.66. The van der Waals surface area contributed by atoms with Gasteiger partial charge >= 0.3 is 16.7 Å². The zero-order valence-corrected chi connectivity index (χ0v) is 14.5. The van der Waals surface area contributed by atoms with E-state index in [2.05, 4.69) is 9.68 Å². The fourth-order valence-electron chi connectivity index (χ4n) is 1.88. The molecule has 0 saturated heterocycles. The first kappa shape index (κ1) is 25.6. The molecule has 0 bridgehead atoms. The summed E-state index contributed by atoms with van der Waals surface area (Å²) in [6.07, 6.45) is -3.97. The average Bonchev–Trinajstić information content (AvgIpc) is 2.59. The van der Waals surface area contributed by atoms with E-state index in [9.17, 15) is 65.6 Å². The number of rotatable bonds is 16. The third-order valence-electron chi connectivity index (χ3n) is 3.46. The van der Waals surface area contributed by atoms with Crippen LogP contribution in [0.25, 0.3) is 0 Å². The zero-order chi connectivity index (χ0) is 23.7. The summed E-state index contributed by atoms with van der Waals surface area (Å²) in [5.41, 5.74) is 0. The Hall–Kier alpha value is -4.40. The molecular weight excluding hydrogens is 434 g/mol. The van der Waals surface area contributed by atoms with E-state index in [1.165, 1.54) is 0 Å². The Bertz CT molecular complexity index is 619. The maximum Gasteiger partial charge on any atom is 0.699 e. The van der Waals surface area contributed by atoms with Crippen molar-refractivity contribution >= 4 is 0 Å². The van der Waals surface area contributed by atoms with Crippen LogP contribution >= 0.6 is 0 Å². The second kappa shape index (κ2) is 10.2. The van der Waals surface area contributed by atoms with Crippen LogP contribution in [0.1, 0.15) is 25.7 Å². The fourth-order valence-corrected chi connectivity index (χ4v) is 1.88. The Kier molecular flexibility index (Phi) is 8.73. The van der Waals surface area contributed by atoms with Crippen molar-refractivity contribution in [2.45, 2.75) is 37.3 Å². The lowest BCUT2D eigenvalue weighted by Crippen LogP contribution is -2.53. The van der Waals surface area contributed by atoms with Crippen LogP contribution in [0.2, 0.25) is 0 Å². The Morgan fingerprint density at radius 3 is 0.933 bits per heavy atom. The zero-order valence-electron chi connectivity index (χ0n) is 14.5. The summed E-state index contributed by atoms with van der Waals surface area (Å²) in [5.74, 6) is -7.51. The Morgan fingerprint density at radius 1 is 0.500 bits per heavy atom. The van der Waals surface area contributed by atoms with Crippen LogP contribution in [0.4, 0.5) is 0 Å². The summed E-state index contributed by atoms with van der Waals surface area (Å²) < 4.78 is 0. The standard InChI is InChI=1S/C8H12N7O15/c16-9(17)7(10(18)19,11(20)21)3-1-5-29-15(28)30-6-2-4-8(12(22)23,13(24)25)14(26)27/h1-6H2/q+1. The molecule has 0 rings (SSSR count). The summed E-state index contributed by atoms with van der Waals surface area (Å²) in [7, 11) is 0. The molecule has 0 fully saturated rings. The molecule has 0 radical (unpaired) electrons. The van der Waals surface area contributed by atoms with Gasteiger partial charge in [0.25, 0.3) is 0 Å². The number of hydrogen-bond acceptors (Lipinski definition) is 15. The molecule has 22 heteroatoms. The second-order valence-electron chi connectivity index (χ2n) is 5.19. The van der Waals surface area contributed by atoms with Crippen molar-refractivity contribution in [3.8, 4) is 0 Å². The molecule has 0 aromatic rings. The summed E-state index contributed by atoms with van der Waals surface area (Å²) in [6, 6.07) is 0. The summed E-state index contributed by atoms with van der Waals surface area (Å²) in [5, 5.41) is 63.4. The van der Waals surface area contributed by atoms with E-state index in [1.54, 1.807) is 0 Å². The van der Waals surface area contributed by atoms with Crippen LogP contribution in [-0.2, 0) is 9.68 Å². The van der Waals surface area contributed by atoms with Gasteiger partial charge in [-0.3, -0.25) is 60.7 Å². The maximum atomic E-state index is 11.2. The van der Waals surface area contributed by atoms with Gasteiger partial charge in [0.2, 0.25) is 0 Å². The van der Waals surface area contributed by atoms with Crippen molar-refractivity contribution in [1.82, 2.24) is 0 Å². The van der Waals surface area contributed by atoms with Gasteiger partial charge in [-0.05, 0) is 0 Å². The van der Waals surface area contributed by atoms with E-state index in [0.29, 0.717) is 0 Å². The molecule has 0 aliphatic rings. The molecule has 30 heavy (non-hydrogen) atoms. The third-order valence-corrected chi connectivity index (χ3v) is 3.46. The van der Waals surface area contributed by atoms with Gasteiger partial charge in [-0.1, -0.05) is 0 Å². The topological polar surface area (TPSA) is 297 Å². The van der Waals surface area contributed by atoms with Crippen molar-refractivity contribution in [3.05, 3.63) is 65.6 Å². The lowest BCUT2D eigenvalue weighted by Gasteiger charge is -2.08. The second-order valence-corrected chi connectivity index (χ2v) is 5.19. The van der Waals surface area contributed by atoms with Gasteiger partial charge in [0.1, 0.15) is 4.91 Å². The van der Waals surface area contributed by atoms with Crippen LogP contribution in [-0.4, -0.2) is 59.4 Å². The molecule has 0 amide bonds. The number of nitrogens with zero attached hydrogens (tertiary/aromatic N) is 7. The van der Waals surface area contributed by atoms with Gasteiger partial charge < -0.3 is 0 Å². The minimum atomic E-state index is -3.76. The number of nitro groups is 6. The Labute approximate surface area is 161 Å². The average molecular weight is 446 g/mol. The van der Waals surface area contributed by atoms with Crippen molar-refractivity contribution in [1.29, 1.82) is 0 Å². The fraction of sp³-hybridized carbons (Fsp3) is 1.00. The molecule has 0 aliphatic heterocycles. The molecule has 0 aromatic heterocycles. The molecule has 0 spiro atoms. The monoisotopic (exact) mass is 446 g/mol. The van der Waals surface area contributed by atoms with Gasteiger partial charge in [0.05, 0.1) is 0 Å². The molecule has 0 unspecified atom stereocenters. The first-order valence-electron chi connectivity index (χ1n) is 7.36. The van der Waals surface area contributed by atoms with Gasteiger partial charge in [-0.15, -0.1) is 0 Å². The molecular formula is C8H12N7O15+. The molecule has 0 aliphatic carbocycles. The Morgan fingerprint density at radius 2 is 0.733 bits per heavy atom. The smallest absolute Gasteiger partial charge is 0.253 e. The normalized spacial score (nSPS) is 11.2. The first-order chi connectivity index (χ1) is 13.8. The van der Waals surface area contributed by atoms with Gasteiger partial charge in [-0.25, -0.2) is 0 Å². The van der Waals surface area contributed by atoms with E-state index < -0.39 is 85.1 Å². The molecule has 0 heterocycles. The number of hydrogen-bond donors (Lipinski definition) is 0. The largest absolute Gasteiger partial charge is 0.699 e. The van der Waals surface area contributed by atoms with Crippen molar-refractivity contribution in [3.63, 3.8) is 0 Å². The highest BCUT2D eigenvalue weighted by atomic mass is 17.0. The lowest BCUT2D eigenvalue weighted by molar-refractivity contribution is -0.984. The first-order valence-corrected chi connectivity index (χ1v) is 7.36. The predicted molar refractivity (Wildman–Crippen MR) is 81.4 cm³/mol. The van der Waals surface area contributed by atoms with Crippen LogP contribution < -0.4 is 0 Å². The van der Waals surface area contributed by atoms with E-state index >= 15 is 0 Å². The van der Waals surface area contributed by atoms with Crippen molar-refractivity contribution < 1.29 is 44.3 Å². The molecule has 0 N–H and O–H groups in total. The Balaban J connectivity index is 4.59. The van der Waals surface area contributed by atoms with Crippen LogP contribution in [0.5, 0.6) is 0 Å². The third kappa shape index (κ3) is 5.32. The predicted octanol–water partition coefficient (Wildman–Crippen LogP) is -0.843. The van der Waals surface area contributed by atoms with Crippen molar-refractivity contribution in [2.75, 3.05) is 13.2 Å². The molecule has 0 aromatic carbocycles. The van der Waals surface area contributed by atoms with E-state index in [0.717, 1.165) is 0 Å². The molecule has 0 saturated carbocycles. The minimum Gasteiger partial charge on any atom is -0.253 e. The maximum absolute atomic E-state index is 11.2. The highest BCUT2D eigenvalue weighted by molar-refractivity contribution is 4.55. The molecule has 168 valence electrons. The van der Waals surface area contributed by atoms with Gasteiger partial charge in [0.15, 0.2) is 55.6 Å². The highest BCUT2D eigenvalue weighted by Crippen LogP contribution is 2.20. The van der Waals surface area contributed by atoms with E-state index in [4.69, 9.17) is 0 Å². The molecule has 0 atom stereocenters. The summed E-state index contributed by atoms with van der Waals surface area (Å²) >= 11 is 0. The van der Waals surface area contributed by atoms with Crippen LogP contribution in [0.3, 0.4) is 0 Å². The van der Waals surface area contributed by atoms with Crippen LogP contribution in [0, 0.1) is 65.6 Å². The summed E-state index contributed by atoms with van der Waals surface area (Å²) in [4.78, 5) is 73.3. The van der Waals surface area contributed by atoms with Gasteiger partial charge in [0, 0.05) is 12.8 Å². The lowest BCUT2D eigenvalue weighted by atomic mass is 10.2. The van der Waals surface area contributed by atoms with E-state index in [-0.39, 0.29) is 0 Å². The van der Waals surface area contributed by atoms with E-state index in [1.807, 2.05) is 0 Å². The van der Waals surface area contributed by atoms with Gasteiger partial charge in [-0.2, -0.15) is 9.68 Å². The molecule has 22 nitrogen and oxygen atoms in total. The van der Waals surface area contributed by atoms with Crippen LogP contribution in [0.15, 0.2) is 0 Å². The highest BCUT2D eigenvalue weighted by Gasteiger charge is 2.70.